The lowest BCUT2D eigenvalue weighted by molar-refractivity contribution is 0.724. The Morgan fingerprint density at radius 2 is 1.87 bits per heavy atom. The smallest absolute Gasteiger partial charge is 0.161 e. The Morgan fingerprint density at radius 1 is 1.27 bits per heavy atom. The van der Waals surface area contributed by atoms with E-state index < -0.39 is 7.38 Å². The molecule has 0 saturated carbocycles. The summed E-state index contributed by atoms with van der Waals surface area (Å²) in [6.45, 7) is 8.93. The summed E-state index contributed by atoms with van der Waals surface area (Å²) in [5, 5.41) is 1.43. The van der Waals surface area contributed by atoms with E-state index in [2.05, 4.69) is 52.0 Å². The summed E-state index contributed by atoms with van der Waals surface area (Å²) in [5.74, 6) is 0.689. The van der Waals surface area contributed by atoms with Gasteiger partial charge in [0.25, 0.3) is 0 Å². The molecule has 1 aromatic carbocycles. The van der Waals surface area contributed by atoms with E-state index in [-0.39, 0.29) is 0 Å². The van der Waals surface area contributed by atoms with Crippen LogP contribution in [0.4, 0.5) is 0 Å². The fraction of sp³-hybridized carbons (Fsp3) is 0.538. The molecule has 1 aromatic rings. The van der Waals surface area contributed by atoms with Crippen LogP contribution in [0.5, 0.6) is 0 Å². The van der Waals surface area contributed by atoms with Gasteiger partial charge in [-0.1, -0.05) is 50.6 Å². The highest BCUT2D eigenvalue weighted by Crippen LogP contribution is 2.25. The van der Waals surface area contributed by atoms with Gasteiger partial charge in [-0.25, -0.2) is 0 Å². The van der Waals surface area contributed by atoms with E-state index in [0.717, 1.165) is 6.04 Å². The molecule has 0 amide bonds. The van der Waals surface area contributed by atoms with Crippen molar-refractivity contribution >= 4 is 23.6 Å². The van der Waals surface area contributed by atoms with Gasteiger partial charge in [-0.3, -0.25) is 0 Å². The quantitative estimate of drug-likeness (QED) is 0.550. The Bertz CT molecular complexity index is 322. The number of halogens is 1. The van der Waals surface area contributed by atoms with Crippen LogP contribution in [0.15, 0.2) is 24.3 Å². The summed E-state index contributed by atoms with van der Waals surface area (Å²) in [6, 6.07) is 10.9. The van der Waals surface area contributed by atoms with Gasteiger partial charge < -0.3 is 0 Å². The average molecular weight is 241 g/mol. The SMILES string of the molecule is CC[Si](Cl)(CC(C)C)c1ccccc1C. The lowest BCUT2D eigenvalue weighted by atomic mass is 10.2. The fourth-order valence-corrected chi connectivity index (χ4v) is 7.10. The van der Waals surface area contributed by atoms with Gasteiger partial charge in [0.1, 0.15) is 0 Å². The van der Waals surface area contributed by atoms with E-state index in [0.29, 0.717) is 5.92 Å². The molecule has 1 unspecified atom stereocenters. The summed E-state index contributed by atoms with van der Waals surface area (Å²) in [7, 11) is -1.73. The van der Waals surface area contributed by atoms with Crippen molar-refractivity contribution in [2.75, 3.05) is 0 Å². The van der Waals surface area contributed by atoms with Gasteiger partial charge in [0, 0.05) is 0 Å². The van der Waals surface area contributed by atoms with Gasteiger partial charge in [0.2, 0.25) is 0 Å². The van der Waals surface area contributed by atoms with Crippen LogP contribution in [-0.4, -0.2) is 7.38 Å². The zero-order valence-electron chi connectivity index (χ0n) is 10.2. The van der Waals surface area contributed by atoms with Crippen LogP contribution >= 0.6 is 11.1 Å². The maximum atomic E-state index is 6.89. The Kier molecular flexibility index (Phi) is 4.41. The van der Waals surface area contributed by atoms with Crippen LogP contribution in [0.1, 0.15) is 26.3 Å². The lowest BCUT2D eigenvalue weighted by Crippen LogP contribution is -2.44. The standard InChI is InChI=1S/C13H21ClSi/c1-5-15(14,10-11(2)3)13-9-7-6-8-12(13)4/h6-9,11H,5,10H2,1-4H3. The minimum Gasteiger partial charge on any atom is -0.161 e. The van der Waals surface area contributed by atoms with Crippen molar-refractivity contribution < 1.29 is 0 Å². The molecule has 0 spiro atoms. The van der Waals surface area contributed by atoms with Crippen molar-refractivity contribution in [1.82, 2.24) is 0 Å². The van der Waals surface area contributed by atoms with Crippen LogP contribution in [0.2, 0.25) is 12.1 Å². The molecule has 84 valence electrons. The first-order valence-corrected chi connectivity index (χ1v) is 9.17. The number of rotatable bonds is 4. The third-order valence-electron chi connectivity index (χ3n) is 2.92. The molecule has 15 heavy (non-hydrogen) atoms. The predicted molar refractivity (Wildman–Crippen MR) is 72.5 cm³/mol. The lowest BCUT2D eigenvalue weighted by Gasteiger charge is -2.27. The Labute approximate surface area is 99.4 Å². The van der Waals surface area contributed by atoms with E-state index in [1.165, 1.54) is 16.8 Å². The highest BCUT2D eigenvalue weighted by Gasteiger charge is 2.32. The number of benzene rings is 1. The van der Waals surface area contributed by atoms with E-state index in [9.17, 15) is 0 Å². The first kappa shape index (κ1) is 12.8. The van der Waals surface area contributed by atoms with Gasteiger partial charge in [0.15, 0.2) is 7.38 Å². The molecule has 1 rings (SSSR count). The van der Waals surface area contributed by atoms with E-state index in [4.69, 9.17) is 11.1 Å². The summed E-state index contributed by atoms with van der Waals surface area (Å²) in [4.78, 5) is 0. The van der Waals surface area contributed by atoms with Crippen LogP contribution in [0, 0.1) is 12.8 Å². The second-order valence-electron chi connectivity index (χ2n) is 4.73. The second-order valence-corrected chi connectivity index (χ2v) is 10.5. The van der Waals surface area contributed by atoms with Crippen molar-refractivity contribution in [1.29, 1.82) is 0 Å². The van der Waals surface area contributed by atoms with Gasteiger partial charge in [0.05, 0.1) is 0 Å². The minimum absolute atomic E-state index is 0.689. The molecule has 0 saturated heterocycles. The zero-order valence-corrected chi connectivity index (χ0v) is 11.9. The van der Waals surface area contributed by atoms with E-state index >= 15 is 0 Å². The second kappa shape index (κ2) is 5.18. The van der Waals surface area contributed by atoms with Gasteiger partial charge in [-0.05, 0) is 30.1 Å². The summed E-state index contributed by atoms with van der Waals surface area (Å²) < 4.78 is 0. The number of hydrogen-bond acceptors (Lipinski definition) is 0. The fourth-order valence-electron chi connectivity index (χ4n) is 2.17. The van der Waals surface area contributed by atoms with Crippen molar-refractivity contribution in [3.8, 4) is 0 Å². The van der Waals surface area contributed by atoms with Gasteiger partial charge >= 0.3 is 0 Å². The van der Waals surface area contributed by atoms with Crippen LogP contribution in [0.25, 0.3) is 0 Å². The molecule has 0 radical (unpaired) electrons. The van der Waals surface area contributed by atoms with Gasteiger partial charge in [-0.15, -0.1) is 0 Å². The normalized spacial score (nSPS) is 15.3. The Morgan fingerprint density at radius 3 is 2.33 bits per heavy atom. The monoisotopic (exact) mass is 240 g/mol. The molecule has 1 atom stereocenters. The third kappa shape index (κ3) is 3.09. The maximum Gasteiger partial charge on any atom is 0.187 e. The molecule has 0 aliphatic rings. The van der Waals surface area contributed by atoms with Gasteiger partial charge in [-0.2, -0.15) is 11.1 Å². The molecular formula is C13H21ClSi. The Hall–Kier alpha value is -0.273. The third-order valence-corrected chi connectivity index (χ3v) is 8.91. The molecule has 0 N–H and O–H groups in total. The molecule has 0 nitrogen and oxygen atoms in total. The topological polar surface area (TPSA) is 0 Å². The maximum absolute atomic E-state index is 6.89. The minimum atomic E-state index is -1.73. The molecule has 0 aliphatic carbocycles. The van der Waals surface area contributed by atoms with Crippen LogP contribution < -0.4 is 5.19 Å². The summed E-state index contributed by atoms with van der Waals surface area (Å²) >= 11 is 6.89. The van der Waals surface area contributed by atoms with E-state index in [1.54, 1.807) is 0 Å². The molecule has 0 aromatic heterocycles. The molecular weight excluding hydrogens is 220 g/mol. The predicted octanol–water partition coefficient (Wildman–Crippen LogP) is 4.06. The average Bonchev–Trinajstić information content (AvgIpc) is 2.17. The first-order chi connectivity index (χ1) is 6.99. The number of aryl methyl sites for hydroxylation is 1. The van der Waals surface area contributed by atoms with Crippen LogP contribution in [-0.2, 0) is 0 Å². The highest BCUT2D eigenvalue weighted by atomic mass is 35.6. The largest absolute Gasteiger partial charge is 0.187 e. The highest BCUT2D eigenvalue weighted by molar-refractivity contribution is 7.27. The van der Waals surface area contributed by atoms with Crippen molar-refractivity contribution in [3.05, 3.63) is 29.8 Å². The summed E-state index contributed by atoms with van der Waals surface area (Å²) in [5.41, 5.74) is 1.36. The molecule has 2 heteroatoms. The molecule has 0 heterocycles. The van der Waals surface area contributed by atoms with Crippen molar-refractivity contribution in [3.63, 3.8) is 0 Å². The van der Waals surface area contributed by atoms with E-state index in [1.807, 2.05) is 0 Å². The number of hydrogen-bond donors (Lipinski definition) is 0. The first-order valence-electron chi connectivity index (χ1n) is 5.74. The molecule has 0 aliphatic heterocycles. The zero-order chi connectivity index (χ0) is 11.5. The summed E-state index contributed by atoms with van der Waals surface area (Å²) in [6.07, 6.45) is 0. The Balaban J connectivity index is 3.05. The van der Waals surface area contributed by atoms with Crippen molar-refractivity contribution in [2.24, 2.45) is 5.92 Å². The van der Waals surface area contributed by atoms with Crippen molar-refractivity contribution in [2.45, 2.75) is 39.8 Å². The molecule has 0 bridgehead atoms. The van der Waals surface area contributed by atoms with Crippen LogP contribution in [0.3, 0.4) is 0 Å². The molecule has 0 fully saturated rings.